The number of benzene rings is 1. The van der Waals surface area contributed by atoms with E-state index in [2.05, 4.69) is 11.8 Å². The molecule has 0 fully saturated rings. The highest BCUT2D eigenvalue weighted by Gasteiger charge is 2.61. The molecule has 7 heteroatoms. The van der Waals surface area contributed by atoms with Crippen molar-refractivity contribution in [3.63, 3.8) is 0 Å². The van der Waals surface area contributed by atoms with Crippen molar-refractivity contribution in [2.75, 3.05) is 7.11 Å². The van der Waals surface area contributed by atoms with E-state index in [4.69, 9.17) is 9.84 Å². The van der Waals surface area contributed by atoms with E-state index in [1.165, 1.54) is 19.2 Å². The average molecular weight is 294 g/mol. The number of ether oxygens (including phenoxy) is 1. The fourth-order valence-electron chi connectivity index (χ4n) is 1.24. The second-order valence-electron chi connectivity index (χ2n) is 3.87. The van der Waals surface area contributed by atoms with E-state index >= 15 is 0 Å². The van der Waals surface area contributed by atoms with Gasteiger partial charge in [0.2, 0.25) is 0 Å². The summed E-state index contributed by atoms with van der Waals surface area (Å²) < 4.78 is 66.1. The molecule has 0 aromatic heterocycles. The Kier molecular flexibility index (Phi) is 4.95. The molecule has 0 saturated carbocycles. The summed E-state index contributed by atoms with van der Waals surface area (Å²) in [6.07, 6.45) is -9.68. The second kappa shape index (κ2) is 6.09. The first-order chi connectivity index (χ1) is 9.18. The molecule has 110 valence electrons. The molecular formula is C13H11F5O2. The molecule has 0 aliphatic carbocycles. The molecule has 1 unspecified atom stereocenters. The summed E-state index contributed by atoms with van der Waals surface area (Å²) in [5, 5.41) is 8.88. The standard InChI is InChI=1S/C13H11F5O2/c1-20-10-7-5-9(6-8-10)3-2-4-11(19)12(14,15)13(16,17)18/h5-8,11,19H,4H2,1H3. The lowest BCUT2D eigenvalue weighted by Gasteiger charge is -2.23. The Bertz CT molecular complexity index is 496. The maximum atomic E-state index is 12.7. The van der Waals surface area contributed by atoms with Gasteiger partial charge in [0.1, 0.15) is 11.9 Å². The summed E-state index contributed by atoms with van der Waals surface area (Å²) in [5.74, 6) is -0.144. The topological polar surface area (TPSA) is 29.5 Å². The van der Waals surface area contributed by atoms with Crippen LogP contribution in [0.5, 0.6) is 5.75 Å². The Morgan fingerprint density at radius 2 is 1.70 bits per heavy atom. The number of aliphatic hydroxyl groups is 1. The Morgan fingerprint density at radius 3 is 2.15 bits per heavy atom. The van der Waals surface area contributed by atoms with Crippen LogP contribution in [0.15, 0.2) is 24.3 Å². The first-order valence-electron chi connectivity index (χ1n) is 5.44. The number of halogens is 5. The summed E-state index contributed by atoms with van der Waals surface area (Å²) in [5.41, 5.74) is 0.410. The molecular weight excluding hydrogens is 283 g/mol. The van der Waals surface area contributed by atoms with Crippen molar-refractivity contribution < 1.29 is 31.8 Å². The Hall–Kier alpha value is -1.81. The van der Waals surface area contributed by atoms with Crippen molar-refractivity contribution in [1.82, 2.24) is 0 Å². The summed E-state index contributed by atoms with van der Waals surface area (Å²) in [6.45, 7) is 0. The summed E-state index contributed by atoms with van der Waals surface area (Å²) in [4.78, 5) is 0. The van der Waals surface area contributed by atoms with Gasteiger partial charge in [-0.1, -0.05) is 11.8 Å². The van der Waals surface area contributed by atoms with Gasteiger partial charge in [-0.3, -0.25) is 0 Å². The van der Waals surface area contributed by atoms with E-state index in [-0.39, 0.29) is 0 Å². The number of aliphatic hydroxyl groups excluding tert-OH is 1. The highest BCUT2D eigenvalue weighted by atomic mass is 19.4. The SMILES string of the molecule is COc1ccc(C#CCC(O)C(F)(F)C(F)(F)F)cc1. The molecule has 1 aromatic carbocycles. The van der Waals surface area contributed by atoms with Gasteiger partial charge in [0.05, 0.1) is 7.11 Å². The fraction of sp³-hybridized carbons (Fsp3) is 0.385. The van der Waals surface area contributed by atoms with Crippen LogP contribution in [0, 0.1) is 11.8 Å². The van der Waals surface area contributed by atoms with Crippen molar-refractivity contribution in [1.29, 1.82) is 0 Å². The third-order valence-corrected chi connectivity index (χ3v) is 2.41. The largest absolute Gasteiger partial charge is 0.497 e. The van der Waals surface area contributed by atoms with Crippen molar-refractivity contribution in [2.45, 2.75) is 24.6 Å². The maximum absolute atomic E-state index is 12.7. The van der Waals surface area contributed by atoms with Gasteiger partial charge in [-0.25, -0.2) is 0 Å². The molecule has 0 radical (unpaired) electrons. The second-order valence-corrected chi connectivity index (χ2v) is 3.87. The molecule has 0 spiro atoms. The Balaban J connectivity index is 2.70. The third kappa shape index (κ3) is 3.84. The Labute approximate surface area is 112 Å². The number of hydrogen-bond donors (Lipinski definition) is 1. The molecule has 1 rings (SSSR count). The van der Waals surface area contributed by atoms with Gasteiger partial charge in [-0.05, 0) is 24.3 Å². The number of alkyl halides is 5. The number of hydrogen-bond acceptors (Lipinski definition) is 2. The molecule has 20 heavy (non-hydrogen) atoms. The summed E-state index contributed by atoms with van der Waals surface area (Å²) in [6, 6.07) is 6.15. The van der Waals surface area contributed by atoms with Gasteiger partial charge in [0.25, 0.3) is 0 Å². The molecule has 1 N–H and O–H groups in total. The molecule has 0 bridgehead atoms. The van der Waals surface area contributed by atoms with Crippen LogP contribution < -0.4 is 4.74 Å². The van der Waals surface area contributed by atoms with Gasteiger partial charge in [-0.15, -0.1) is 0 Å². The molecule has 0 heterocycles. The zero-order valence-corrected chi connectivity index (χ0v) is 10.3. The van der Waals surface area contributed by atoms with Crippen LogP contribution in [0.25, 0.3) is 0 Å². The minimum atomic E-state index is -5.80. The van der Waals surface area contributed by atoms with Crippen LogP contribution in [0.2, 0.25) is 0 Å². The van der Waals surface area contributed by atoms with Crippen LogP contribution in [0.4, 0.5) is 22.0 Å². The van der Waals surface area contributed by atoms with Gasteiger partial charge in [-0.2, -0.15) is 22.0 Å². The van der Waals surface area contributed by atoms with Crippen LogP contribution in [-0.2, 0) is 0 Å². The van der Waals surface area contributed by atoms with Crippen molar-refractivity contribution in [3.8, 4) is 17.6 Å². The number of methoxy groups -OCH3 is 1. The van der Waals surface area contributed by atoms with Gasteiger partial charge in [0, 0.05) is 12.0 Å². The van der Waals surface area contributed by atoms with Crippen molar-refractivity contribution in [2.24, 2.45) is 0 Å². The predicted octanol–water partition coefficient (Wildman–Crippen LogP) is 3.00. The summed E-state index contributed by atoms with van der Waals surface area (Å²) in [7, 11) is 1.45. The van der Waals surface area contributed by atoms with E-state index in [1.807, 2.05) is 0 Å². The van der Waals surface area contributed by atoms with E-state index in [9.17, 15) is 22.0 Å². The highest BCUT2D eigenvalue weighted by molar-refractivity contribution is 5.38. The monoisotopic (exact) mass is 294 g/mol. The van der Waals surface area contributed by atoms with Crippen molar-refractivity contribution in [3.05, 3.63) is 29.8 Å². The lowest BCUT2D eigenvalue weighted by molar-refractivity contribution is -0.311. The summed E-state index contributed by atoms with van der Waals surface area (Å²) >= 11 is 0. The highest BCUT2D eigenvalue weighted by Crippen LogP contribution is 2.38. The van der Waals surface area contributed by atoms with E-state index in [0.717, 1.165) is 0 Å². The molecule has 1 atom stereocenters. The van der Waals surface area contributed by atoms with E-state index < -0.39 is 24.6 Å². The van der Waals surface area contributed by atoms with Gasteiger partial charge in [0.15, 0.2) is 0 Å². The molecule has 0 amide bonds. The smallest absolute Gasteiger partial charge is 0.456 e. The van der Waals surface area contributed by atoms with Crippen molar-refractivity contribution >= 4 is 0 Å². The molecule has 1 aromatic rings. The van der Waals surface area contributed by atoms with E-state index in [0.29, 0.717) is 11.3 Å². The average Bonchev–Trinajstić information content (AvgIpc) is 2.38. The lowest BCUT2D eigenvalue weighted by atomic mass is 10.1. The molecule has 0 aliphatic heterocycles. The lowest BCUT2D eigenvalue weighted by Crippen LogP contribution is -2.46. The first-order valence-corrected chi connectivity index (χ1v) is 5.44. The zero-order chi connectivity index (χ0) is 15.4. The minimum absolute atomic E-state index is 0.410. The molecule has 2 nitrogen and oxygen atoms in total. The molecule has 0 saturated heterocycles. The quantitative estimate of drug-likeness (QED) is 0.686. The minimum Gasteiger partial charge on any atom is -0.497 e. The Morgan fingerprint density at radius 1 is 1.15 bits per heavy atom. The predicted molar refractivity (Wildman–Crippen MR) is 61.5 cm³/mol. The van der Waals surface area contributed by atoms with E-state index in [1.54, 1.807) is 12.1 Å². The first kappa shape index (κ1) is 16.2. The van der Waals surface area contributed by atoms with Crippen LogP contribution in [0.1, 0.15) is 12.0 Å². The van der Waals surface area contributed by atoms with Crippen LogP contribution in [0.3, 0.4) is 0 Å². The normalized spacial score (nSPS) is 13.3. The third-order valence-electron chi connectivity index (χ3n) is 2.41. The fourth-order valence-corrected chi connectivity index (χ4v) is 1.24. The van der Waals surface area contributed by atoms with Gasteiger partial charge >= 0.3 is 12.1 Å². The number of rotatable bonds is 3. The maximum Gasteiger partial charge on any atom is 0.456 e. The van der Waals surface area contributed by atoms with Crippen LogP contribution in [-0.4, -0.2) is 30.4 Å². The molecule has 0 aliphatic rings. The zero-order valence-electron chi connectivity index (χ0n) is 10.3. The van der Waals surface area contributed by atoms with Crippen LogP contribution >= 0.6 is 0 Å². The van der Waals surface area contributed by atoms with Gasteiger partial charge < -0.3 is 9.84 Å².